The average Bonchev–Trinajstić information content (AvgIpc) is 2.84. The molecule has 2 aliphatic rings. The predicted molar refractivity (Wildman–Crippen MR) is 119 cm³/mol. The largest absolute Gasteiger partial charge is 0.468 e. The SMILES string of the molecule is CC(=O)O[C@H]1C=C(C)CC[C@@H]2OC(=N)S[C@@]2(C)CC[C@@H](C(C)C)C=C[C@@](C)(O)C1. The third-order valence-electron chi connectivity index (χ3n) is 5.99. The van der Waals surface area contributed by atoms with Crippen molar-refractivity contribution in [3.63, 3.8) is 0 Å². The lowest BCUT2D eigenvalue weighted by molar-refractivity contribution is -0.145. The van der Waals surface area contributed by atoms with Gasteiger partial charge in [-0.1, -0.05) is 43.3 Å². The lowest BCUT2D eigenvalue weighted by Gasteiger charge is -2.31. The summed E-state index contributed by atoms with van der Waals surface area (Å²) in [4.78, 5) is 11.6. The van der Waals surface area contributed by atoms with Crippen LogP contribution < -0.4 is 0 Å². The number of hydrogen-bond acceptors (Lipinski definition) is 6. The summed E-state index contributed by atoms with van der Waals surface area (Å²) in [5.74, 6) is 0.411. The van der Waals surface area contributed by atoms with Crippen LogP contribution in [-0.2, 0) is 14.3 Å². The molecule has 0 spiro atoms. The molecule has 0 aromatic heterocycles. The number of aliphatic hydroxyl groups is 1. The van der Waals surface area contributed by atoms with E-state index in [-0.39, 0.29) is 16.8 Å². The highest BCUT2D eigenvalue weighted by molar-refractivity contribution is 8.14. The van der Waals surface area contributed by atoms with Crippen molar-refractivity contribution in [3.05, 3.63) is 23.8 Å². The van der Waals surface area contributed by atoms with Crippen LogP contribution in [0.25, 0.3) is 0 Å². The number of carbonyl (C=O) groups is 1. The van der Waals surface area contributed by atoms with E-state index in [4.69, 9.17) is 14.9 Å². The molecule has 1 aliphatic carbocycles. The van der Waals surface area contributed by atoms with Crippen LogP contribution in [-0.4, -0.2) is 38.9 Å². The normalized spacial score (nSPS) is 36.8. The molecule has 1 fully saturated rings. The van der Waals surface area contributed by atoms with Crippen molar-refractivity contribution in [2.75, 3.05) is 0 Å². The summed E-state index contributed by atoms with van der Waals surface area (Å²) in [6.45, 7) is 11.8. The van der Waals surface area contributed by atoms with Crippen LogP contribution in [0.3, 0.4) is 0 Å². The van der Waals surface area contributed by atoms with Crippen molar-refractivity contribution >= 4 is 23.0 Å². The van der Waals surface area contributed by atoms with Gasteiger partial charge in [0, 0.05) is 13.3 Å². The van der Waals surface area contributed by atoms with E-state index in [1.54, 1.807) is 6.92 Å². The second-order valence-electron chi connectivity index (χ2n) is 9.38. The van der Waals surface area contributed by atoms with Gasteiger partial charge in [0.2, 0.25) is 5.23 Å². The Hall–Kier alpha value is -1.27. The van der Waals surface area contributed by atoms with E-state index in [1.165, 1.54) is 18.7 Å². The molecule has 6 heteroatoms. The molecule has 0 unspecified atom stereocenters. The van der Waals surface area contributed by atoms with E-state index in [9.17, 15) is 9.90 Å². The van der Waals surface area contributed by atoms with Crippen molar-refractivity contribution < 1.29 is 19.4 Å². The molecule has 164 valence electrons. The summed E-state index contributed by atoms with van der Waals surface area (Å²) < 4.78 is 11.2. The van der Waals surface area contributed by atoms with E-state index in [1.807, 2.05) is 19.1 Å². The number of allylic oxidation sites excluding steroid dienone is 2. The highest BCUT2D eigenvalue weighted by Gasteiger charge is 2.44. The van der Waals surface area contributed by atoms with Crippen LogP contribution in [0.5, 0.6) is 0 Å². The highest BCUT2D eigenvalue weighted by atomic mass is 32.2. The first kappa shape index (κ1) is 24.0. The second kappa shape index (κ2) is 9.69. The second-order valence-corrected chi connectivity index (χ2v) is 10.9. The maximum atomic E-state index is 11.6. The Morgan fingerprint density at radius 2 is 2.07 bits per heavy atom. The summed E-state index contributed by atoms with van der Waals surface area (Å²) in [7, 11) is 0. The number of esters is 1. The van der Waals surface area contributed by atoms with E-state index in [2.05, 4.69) is 26.8 Å². The van der Waals surface area contributed by atoms with Crippen LogP contribution >= 0.6 is 11.8 Å². The van der Waals surface area contributed by atoms with Gasteiger partial charge in [0.1, 0.15) is 12.2 Å². The number of thioether (sulfide) groups is 1. The topological polar surface area (TPSA) is 79.6 Å². The van der Waals surface area contributed by atoms with Crippen LogP contribution in [0.1, 0.15) is 73.6 Å². The Bertz CT molecular complexity index is 670. The van der Waals surface area contributed by atoms with E-state index < -0.39 is 11.7 Å². The van der Waals surface area contributed by atoms with Crippen molar-refractivity contribution in [2.24, 2.45) is 11.8 Å². The number of rotatable bonds is 2. The minimum Gasteiger partial charge on any atom is -0.468 e. The molecule has 1 saturated heterocycles. The number of nitrogens with one attached hydrogen (secondary N) is 1. The van der Waals surface area contributed by atoms with Gasteiger partial charge in [-0.3, -0.25) is 10.2 Å². The zero-order chi connectivity index (χ0) is 21.8. The molecule has 5 atom stereocenters. The fraction of sp³-hybridized carbons (Fsp3) is 0.739. The van der Waals surface area contributed by atoms with Gasteiger partial charge in [-0.15, -0.1) is 0 Å². The monoisotopic (exact) mass is 423 g/mol. The molecule has 2 N–H and O–H groups in total. The van der Waals surface area contributed by atoms with Gasteiger partial charge < -0.3 is 14.6 Å². The molecule has 29 heavy (non-hydrogen) atoms. The number of fused-ring (bicyclic) bond motifs is 1. The van der Waals surface area contributed by atoms with E-state index in [0.717, 1.165) is 31.3 Å². The van der Waals surface area contributed by atoms with E-state index in [0.29, 0.717) is 23.5 Å². The first-order valence-electron chi connectivity index (χ1n) is 10.6. The zero-order valence-electron chi connectivity index (χ0n) is 18.7. The standard InChI is InChI=1S/C23H37NO4S/c1-15(2)18-9-11-22(5,26)14-19(27-17(4)25)13-16(3)7-8-20-23(6,12-10-18)29-21(24)28-20/h9,11,13,15,18-20,24,26H,7-8,10,12,14H2,1-6H3/t18-,19-,20-,22+,23-/m0/s1. The van der Waals surface area contributed by atoms with Crippen LogP contribution in [0.2, 0.25) is 0 Å². The lowest BCUT2D eigenvalue weighted by Crippen LogP contribution is -2.34. The molecule has 5 nitrogen and oxygen atoms in total. The maximum Gasteiger partial charge on any atom is 0.303 e. The molecular weight excluding hydrogens is 386 g/mol. The van der Waals surface area contributed by atoms with E-state index >= 15 is 0 Å². The minimum atomic E-state index is -1.06. The quantitative estimate of drug-likeness (QED) is 0.469. The fourth-order valence-electron chi connectivity index (χ4n) is 4.15. The third-order valence-corrected chi connectivity index (χ3v) is 7.21. The molecular formula is C23H37NO4S. The minimum absolute atomic E-state index is 0.00151. The Morgan fingerprint density at radius 3 is 2.69 bits per heavy atom. The summed E-state index contributed by atoms with van der Waals surface area (Å²) in [5, 5.41) is 19.3. The summed E-state index contributed by atoms with van der Waals surface area (Å²) >= 11 is 1.53. The first-order chi connectivity index (χ1) is 13.4. The Balaban J connectivity index is 2.35. The van der Waals surface area contributed by atoms with Crippen LogP contribution in [0.4, 0.5) is 0 Å². The molecule has 0 bridgehead atoms. The number of carbonyl (C=O) groups excluding carboxylic acids is 1. The highest BCUT2D eigenvalue weighted by Crippen LogP contribution is 2.45. The van der Waals surface area contributed by atoms with Gasteiger partial charge in [-0.05, 0) is 64.4 Å². The molecule has 0 saturated carbocycles. The Kier molecular flexibility index (Phi) is 8.02. The first-order valence-corrected chi connectivity index (χ1v) is 11.4. The fourth-order valence-corrected chi connectivity index (χ4v) is 5.26. The smallest absolute Gasteiger partial charge is 0.303 e. The number of ether oxygens (including phenoxy) is 2. The summed E-state index contributed by atoms with van der Waals surface area (Å²) in [6.07, 6.45) is 9.32. The van der Waals surface area contributed by atoms with Crippen molar-refractivity contribution in [1.29, 1.82) is 5.41 Å². The Morgan fingerprint density at radius 1 is 1.38 bits per heavy atom. The molecule has 1 heterocycles. The molecule has 0 radical (unpaired) electrons. The van der Waals surface area contributed by atoms with Crippen molar-refractivity contribution in [2.45, 2.75) is 96.2 Å². The van der Waals surface area contributed by atoms with Gasteiger partial charge in [0.05, 0.1) is 10.3 Å². The summed E-state index contributed by atoms with van der Waals surface area (Å²) in [6, 6.07) is 0. The summed E-state index contributed by atoms with van der Waals surface area (Å²) in [5.41, 5.74) is 0.0380. The van der Waals surface area contributed by atoms with Gasteiger partial charge in [-0.25, -0.2) is 0 Å². The van der Waals surface area contributed by atoms with Gasteiger partial charge in [0.25, 0.3) is 0 Å². The predicted octanol–water partition coefficient (Wildman–Crippen LogP) is 5.23. The van der Waals surface area contributed by atoms with Crippen LogP contribution in [0.15, 0.2) is 23.8 Å². The molecule has 0 aromatic carbocycles. The molecule has 1 aliphatic heterocycles. The number of hydrogen-bond donors (Lipinski definition) is 2. The van der Waals surface area contributed by atoms with Crippen molar-refractivity contribution in [3.8, 4) is 0 Å². The maximum absolute atomic E-state index is 11.6. The zero-order valence-corrected chi connectivity index (χ0v) is 19.5. The van der Waals surface area contributed by atoms with Gasteiger partial charge >= 0.3 is 5.97 Å². The Labute approximate surface area is 179 Å². The third kappa shape index (κ3) is 7.18. The molecule has 0 aromatic rings. The average molecular weight is 424 g/mol. The molecule has 2 rings (SSSR count). The van der Waals surface area contributed by atoms with Gasteiger partial charge in [0.15, 0.2) is 0 Å². The lowest BCUT2D eigenvalue weighted by atomic mass is 9.83. The van der Waals surface area contributed by atoms with Gasteiger partial charge in [-0.2, -0.15) is 0 Å². The molecule has 0 amide bonds. The van der Waals surface area contributed by atoms with Crippen molar-refractivity contribution in [1.82, 2.24) is 0 Å². The van der Waals surface area contributed by atoms with Crippen LogP contribution in [0, 0.1) is 17.2 Å².